The first kappa shape index (κ1) is 29.4. The zero-order valence-corrected chi connectivity index (χ0v) is 21.7. The van der Waals surface area contributed by atoms with Gasteiger partial charge in [0.05, 0.1) is 24.0 Å². The second-order valence-electron chi connectivity index (χ2n) is 9.33. The van der Waals surface area contributed by atoms with Crippen LogP contribution in [0.25, 0.3) is 28.1 Å². The fraction of sp³-hybridized carbons (Fsp3) is 0.393. The number of carbonyl (C=O) groups is 1. The fourth-order valence-electron chi connectivity index (χ4n) is 4.43. The van der Waals surface area contributed by atoms with Crippen molar-refractivity contribution >= 4 is 22.9 Å². The first-order valence-corrected chi connectivity index (χ1v) is 12.6. The van der Waals surface area contributed by atoms with Gasteiger partial charge in [-0.1, -0.05) is 49.8 Å². The maximum absolute atomic E-state index is 13.6. The number of ether oxygens (including phenoxy) is 1. The number of hydrogen-bond acceptors (Lipinski definition) is 8. The van der Waals surface area contributed by atoms with Crippen LogP contribution in [0.5, 0.6) is 0 Å². The van der Waals surface area contributed by atoms with Crippen LogP contribution in [0, 0.1) is 5.82 Å². The van der Waals surface area contributed by atoms with Gasteiger partial charge in [0.1, 0.15) is 5.82 Å². The van der Waals surface area contributed by atoms with E-state index in [-0.39, 0.29) is 24.7 Å². The van der Waals surface area contributed by atoms with Gasteiger partial charge in [-0.05, 0) is 43.7 Å². The third kappa shape index (κ3) is 7.70. The number of benzene rings is 2. The van der Waals surface area contributed by atoms with Crippen molar-refractivity contribution in [3.8, 4) is 11.1 Å². The molecule has 10 heteroatoms. The Morgan fingerprint density at radius 1 is 1.11 bits per heavy atom. The van der Waals surface area contributed by atoms with Crippen molar-refractivity contribution in [2.24, 2.45) is 0 Å². The number of para-hydroxylation sites is 1. The maximum Gasteiger partial charge on any atom is 0.310 e. The summed E-state index contributed by atoms with van der Waals surface area (Å²) in [6.45, 7) is 5.89. The van der Waals surface area contributed by atoms with Crippen molar-refractivity contribution in [3.63, 3.8) is 0 Å². The van der Waals surface area contributed by atoms with E-state index in [0.717, 1.165) is 27.7 Å². The van der Waals surface area contributed by atoms with Crippen molar-refractivity contribution in [2.75, 3.05) is 0 Å². The number of rotatable bonds is 13. The number of nitrogens with zero attached hydrogens (tertiary/aromatic N) is 2. The van der Waals surface area contributed by atoms with E-state index in [0.29, 0.717) is 6.42 Å². The molecule has 1 unspecified atom stereocenters. The van der Waals surface area contributed by atoms with Gasteiger partial charge >= 0.3 is 5.97 Å². The van der Waals surface area contributed by atoms with Crippen LogP contribution in [0.1, 0.15) is 58.2 Å². The molecule has 3 rings (SSSR count). The molecule has 3 atom stereocenters. The lowest BCUT2D eigenvalue weighted by Crippen LogP contribution is -2.30. The van der Waals surface area contributed by atoms with Crippen LogP contribution in [0.3, 0.4) is 0 Å². The molecule has 2 aromatic carbocycles. The Bertz CT molecular complexity index is 1220. The minimum atomic E-state index is -1.22. The number of halogens is 1. The summed E-state index contributed by atoms with van der Waals surface area (Å²) < 4.78 is 20.8. The van der Waals surface area contributed by atoms with Gasteiger partial charge in [-0.25, -0.2) is 9.23 Å². The molecule has 0 saturated carbocycles. The van der Waals surface area contributed by atoms with E-state index >= 15 is 0 Å². The van der Waals surface area contributed by atoms with E-state index in [1.54, 1.807) is 31.2 Å². The molecule has 0 bridgehead atoms. The van der Waals surface area contributed by atoms with E-state index in [1.165, 1.54) is 12.1 Å². The molecule has 9 nitrogen and oxygen atoms in total. The molecule has 3 aromatic rings. The Kier molecular flexibility index (Phi) is 10.5. The van der Waals surface area contributed by atoms with Gasteiger partial charge in [0.25, 0.3) is 0 Å². The molecule has 0 aliphatic heterocycles. The number of hydrogen-bond donors (Lipinski definition) is 4. The van der Waals surface area contributed by atoms with Gasteiger partial charge in [0.15, 0.2) is 0 Å². The van der Waals surface area contributed by atoms with Crippen LogP contribution >= 0.6 is 0 Å². The maximum atomic E-state index is 13.6. The number of fused-ring (bicyclic) bond motifs is 1. The standard InChI is InChI=1S/C28H35FN2O7/c1-4-7-27(38-31(35)36)37-26(34)17-22(33)16-21(32)14-15-25-28(19-10-12-20(29)13-11-19)23-8-5-6-9-24(23)30(25)18(2)3/h5-6,8-15,18,21-22,27,32-33,35-36H,4,7,16-17H2,1-3H3/b15-14+/t21-,22-,27?/m1/s1. The first-order valence-electron chi connectivity index (χ1n) is 12.6. The molecule has 206 valence electrons. The van der Waals surface area contributed by atoms with Crippen molar-refractivity contribution < 1.29 is 39.4 Å². The Morgan fingerprint density at radius 3 is 2.42 bits per heavy atom. The molecule has 0 fully saturated rings. The molecule has 0 amide bonds. The van der Waals surface area contributed by atoms with E-state index in [1.807, 2.05) is 38.1 Å². The number of aliphatic hydroxyl groups is 2. The Morgan fingerprint density at radius 2 is 1.79 bits per heavy atom. The van der Waals surface area contributed by atoms with Gasteiger partial charge in [-0.2, -0.15) is 0 Å². The number of aromatic nitrogens is 1. The summed E-state index contributed by atoms with van der Waals surface area (Å²) in [7, 11) is 0. The summed E-state index contributed by atoms with van der Waals surface area (Å²) >= 11 is 0. The van der Waals surface area contributed by atoms with Gasteiger partial charge in [0, 0.05) is 41.0 Å². The topological polar surface area (TPSA) is 125 Å². The molecule has 1 heterocycles. The summed E-state index contributed by atoms with van der Waals surface area (Å²) in [6.07, 6.45) is 0.0206. The summed E-state index contributed by atoms with van der Waals surface area (Å²) in [4.78, 5) is 16.7. The number of esters is 1. The minimum absolute atomic E-state index is 0.0818. The smallest absolute Gasteiger partial charge is 0.310 e. The average Bonchev–Trinajstić information content (AvgIpc) is 3.17. The van der Waals surface area contributed by atoms with Crippen LogP contribution in [-0.2, 0) is 14.4 Å². The molecule has 38 heavy (non-hydrogen) atoms. The molecular weight excluding hydrogens is 495 g/mol. The summed E-state index contributed by atoms with van der Waals surface area (Å²) in [6, 6.07) is 14.2. The number of carbonyl (C=O) groups excluding carboxylic acids is 1. The lowest BCUT2D eigenvalue weighted by molar-refractivity contribution is -0.521. The predicted octanol–water partition coefficient (Wildman–Crippen LogP) is 5.22. The summed E-state index contributed by atoms with van der Waals surface area (Å²) in [5.74, 6) is -1.15. The van der Waals surface area contributed by atoms with Gasteiger partial charge in [-0.3, -0.25) is 15.2 Å². The fourth-order valence-corrected chi connectivity index (χ4v) is 4.43. The molecular formula is C28H35FN2O7. The van der Waals surface area contributed by atoms with Gasteiger partial charge < -0.3 is 19.5 Å². The third-order valence-electron chi connectivity index (χ3n) is 5.99. The van der Waals surface area contributed by atoms with Crippen molar-refractivity contribution in [1.82, 2.24) is 9.96 Å². The summed E-state index contributed by atoms with van der Waals surface area (Å²) in [5, 5.41) is 39.0. The lowest BCUT2D eigenvalue weighted by atomic mass is 10.0. The minimum Gasteiger partial charge on any atom is -0.434 e. The molecule has 0 radical (unpaired) electrons. The highest BCUT2D eigenvalue weighted by Gasteiger charge is 2.22. The lowest BCUT2D eigenvalue weighted by Gasteiger charge is -2.19. The average molecular weight is 531 g/mol. The van der Waals surface area contributed by atoms with Crippen molar-refractivity contribution in [2.45, 2.75) is 71.0 Å². The zero-order chi connectivity index (χ0) is 27.8. The highest BCUT2D eigenvalue weighted by Crippen LogP contribution is 2.38. The quantitative estimate of drug-likeness (QED) is 0.135. The zero-order valence-electron chi connectivity index (χ0n) is 21.7. The van der Waals surface area contributed by atoms with Gasteiger partial charge in [-0.15, -0.1) is 0 Å². The van der Waals surface area contributed by atoms with Crippen LogP contribution in [0.2, 0.25) is 0 Å². The normalized spacial score (nSPS) is 14.5. The molecule has 1 aromatic heterocycles. The second kappa shape index (κ2) is 13.6. The largest absolute Gasteiger partial charge is 0.434 e. The first-order chi connectivity index (χ1) is 18.1. The molecule has 4 N–H and O–H groups in total. The number of aliphatic hydroxyl groups excluding tert-OH is 2. The van der Waals surface area contributed by atoms with Crippen molar-refractivity contribution in [1.29, 1.82) is 0 Å². The third-order valence-corrected chi connectivity index (χ3v) is 5.99. The predicted molar refractivity (Wildman–Crippen MR) is 139 cm³/mol. The Balaban J connectivity index is 1.79. The van der Waals surface area contributed by atoms with E-state index in [4.69, 9.17) is 15.2 Å². The van der Waals surface area contributed by atoms with Crippen molar-refractivity contribution in [3.05, 3.63) is 66.1 Å². The molecule has 0 aliphatic carbocycles. The summed E-state index contributed by atoms with van der Waals surface area (Å²) in [5.41, 5.74) is 3.53. The Labute approximate surface area is 220 Å². The molecule has 0 aliphatic rings. The van der Waals surface area contributed by atoms with E-state index in [2.05, 4.69) is 9.40 Å². The van der Waals surface area contributed by atoms with Gasteiger partial charge in [0.2, 0.25) is 6.29 Å². The van der Waals surface area contributed by atoms with Crippen LogP contribution < -0.4 is 0 Å². The molecule has 0 saturated heterocycles. The SMILES string of the molecule is CCCC(OC(=O)C[C@H](O)C[C@H](O)/C=C/c1c(-c2ccc(F)cc2)c2ccccc2n1C(C)C)ON(O)O. The van der Waals surface area contributed by atoms with Crippen LogP contribution in [-0.4, -0.2) is 55.1 Å². The van der Waals surface area contributed by atoms with Crippen LogP contribution in [0.15, 0.2) is 54.6 Å². The highest BCUT2D eigenvalue weighted by molar-refractivity contribution is 6.01. The van der Waals surface area contributed by atoms with E-state index < -0.39 is 36.3 Å². The van der Waals surface area contributed by atoms with Crippen LogP contribution in [0.4, 0.5) is 4.39 Å². The monoisotopic (exact) mass is 530 g/mol. The van der Waals surface area contributed by atoms with E-state index in [9.17, 15) is 19.4 Å². The second-order valence-corrected chi connectivity index (χ2v) is 9.33. The highest BCUT2D eigenvalue weighted by atomic mass is 19.1. The molecule has 0 spiro atoms. The Hall–Kier alpha value is -3.12.